The molecule has 0 radical (unpaired) electrons. The van der Waals surface area contributed by atoms with Crippen LogP contribution in [0.2, 0.25) is 0 Å². The molecule has 0 unspecified atom stereocenters. The van der Waals surface area contributed by atoms with Crippen LogP contribution in [0.15, 0.2) is 60.8 Å². The number of hydrogen-bond donors (Lipinski definition) is 2. The third-order valence-corrected chi connectivity index (χ3v) is 3.93. The summed E-state index contributed by atoms with van der Waals surface area (Å²) in [6, 6.07) is 13.6. The highest BCUT2D eigenvalue weighted by Crippen LogP contribution is 2.29. The third-order valence-electron chi connectivity index (χ3n) is 3.93. The van der Waals surface area contributed by atoms with Crippen molar-refractivity contribution in [3.05, 3.63) is 83.2 Å². The van der Waals surface area contributed by atoms with Crippen LogP contribution >= 0.6 is 0 Å². The largest absolute Gasteiger partial charge is 0.416 e. The third kappa shape index (κ3) is 5.06. The SMILES string of the molecule is Cc1ccc(CNc2nccc(C(=O)Nc3ccc(C(F)(F)F)cc3)n2)cc1. The smallest absolute Gasteiger partial charge is 0.350 e. The number of aryl methyl sites for hydroxylation is 1. The van der Waals surface area contributed by atoms with Crippen molar-refractivity contribution in [1.29, 1.82) is 0 Å². The summed E-state index contributed by atoms with van der Waals surface area (Å²) in [5.41, 5.74) is 1.75. The number of hydrogen-bond acceptors (Lipinski definition) is 4. The first-order valence-corrected chi connectivity index (χ1v) is 8.42. The number of rotatable bonds is 5. The summed E-state index contributed by atoms with van der Waals surface area (Å²) in [5, 5.41) is 5.56. The van der Waals surface area contributed by atoms with Crippen LogP contribution in [0.1, 0.15) is 27.2 Å². The average Bonchev–Trinajstić information content (AvgIpc) is 2.67. The normalized spacial score (nSPS) is 11.1. The van der Waals surface area contributed by atoms with Crippen molar-refractivity contribution in [3.63, 3.8) is 0 Å². The van der Waals surface area contributed by atoms with Gasteiger partial charge in [-0.2, -0.15) is 13.2 Å². The zero-order valence-electron chi connectivity index (χ0n) is 14.9. The summed E-state index contributed by atoms with van der Waals surface area (Å²) in [5.74, 6) is -0.263. The molecule has 0 saturated heterocycles. The van der Waals surface area contributed by atoms with Gasteiger partial charge in [0.2, 0.25) is 5.95 Å². The van der Waals surface area contributed by atoms with Gasteiger partial charge in [-0.05, 0) is 42.8 Å². The van der Waals surface area contributed by atoms with Crippen molar-refractivity contribution in [2.45, 2.75) is 19.6 Å². The molecule has 1 aromatic heterocycles. The quantitative estimate of drug-likeness (QED) is 0.669. The molecule has 0 saturated carbocycles. The number of amides is 1. The van der Waals surface area contributed by atoms with Crippen molar-refractivity contribution in [1.82, 2.24) is 9.97 Å². The van der Waals surface area contributed by atoms with Crippen LogP contribution in [-0.2, 0) is 12.7 Å². The minimum Gasteiger partial charge on any atom is -0.350 e. The van der Waals surface area contributed by atoms with E-state index in [0.29, 0.717) is 6.54 Å². The van der Waals surface area contributed by atoms with Gasteiger partial charge in [-0.25, -0.2) is 9.97 Å². The Morgan fingerprint density at radius 3 is 2.32 bits per heavy atom. The number of halogens is 3. The van der Waals surface area contributed by atoms with E-state index in [4.69, 9.17) is 0 Å². The van der Waals surface area contributed by atoms with Gasteiger partial charge >= 0.3 is 6.18 Å². The van der Waals surface area contributed by atoms with Crippen LogP contribution in [0.4, 0.5) is 24.8 Å². The highest BCUT2D eigenvalue weighted by Gasteiger charge is 2.30. The standard InChI is InChI=1S/C20H17F3N4O/c1-13-2-4-14(5-3-13)12-25-19-24-11-10-17(27-19)18(28)26-16-8-6-15(7-9-16)20(21,22)23/h2-11H,12H2,1H3,(H,26,28)(H,24,25,27). The first kappa shape index (κ1) is 19.3. The van der Waals surface area contributed by atoms with Gasteiger partial charge in [0.05, 0.1) is 5.56 Å². The molecule has 5 nitrogen and oxygen atoms in total. The first-order valence-electron chi connectivity index (χ1n) is 8.42. The highest BCUT2D eigenvalue weighted by molar-refractivity contribution is 6.02. The van der Waals surface area contributed by atoms with E-state index in [1.54, 1.807) is 0 Å². The highest BCUT2D eigenvalue weighted by atomic mass is 19.4. The molecule has 0 bridgehead atoms. The first-order chi connectivity index (χ1) is 13.3. The van der Waals surface area contributed by atoms with Crippen molar-refractivity contribution < 1.29 is 18.0 Å². The molecule has 2 aromatic carbocycles. The molecule has 0 fully saturated rings. The molecule has 0 aliphatic heterocycles. The molecule has 3 aromatic rings. The fourth-order valence-corrected chi connectivity index (χ4v) is 2.40. The minimum atomic E-state index is -4.42. The minimum absolute atomic E-state index is 0.0984. The predicted octanol–water partition coefficient (Wildman–Crippen LogP) is 4.67. The Hall–Kier alpha value is -3.42. The van der Waals surface area contributed by atoms with Crippen LogP contribution in [0.25, 0.3) is 0 Å². The molecule has 0 aliphatic carbocycles. The molecule has 0 atom stereocenters. The Bertz CT molecular complexity index is 954. The van der Waals surface area contributed by atoms with Crippen LogP contribution in [0.3, 0.4) is 0 Å². The second kappa shape index (κ2) is 8.08. The van der Waals surface area contributed by atoms with Crippen molar-refractivity contribution in [2.24, 2.45) is 0 Å². The van der Waals surface area contributed by atoms with E-state index in [1.165, 1.54) is 24.4 Å². The van der Waals surface area contributed by atoms with Crippen LogP contribution < -0.4 is 10.6 Å². The van der Waals surface area contributed by atoms with E-state index in [9.17, 15) is 18.0 Å². The number of alkyl halides is 3. The van der Waals surface area contributed by atoms with Gasteiger partial charge in [-0.15, -0.1) is 0 Å². The van der Waals surface area contributed by atoms with E-state index in [0.717, 1.165) is 23.3 Å². The molecule has 3 rings (SSSR count). The van der Waals surface area contributed by atoms with Crippen LogP contribution in [0.5, 0.6) is 0 Å². The maximum Gasteiger partial charge on any atom is 0.416 e. The average molecular weight is 386 g/mol. The summed E-state index contributed by atoms with van der Waals surface area (Å²) < 4.78 is 37.8. The molecule has 8 heteroatoms. The maximum atomic E-state index is 12.6. The van der Waals surface area contributed by atoms with Crippen molar-refractivity contribution in [2.75, 3.05) is 10.6 Å². The number of benzene rings is 2. The number of carbonyl (C=O) groups is 1. The number of aromatic nitrogens is 2. The number of nitrogens with one attached hydrogen (secondary N) is 2. The van der Waals surface area contributed by atoms with E-state index >= 15 is 0 Å². The summed E-state index contributed by atoms with van der Waals surface area (Å²) >= 11 is 0. The van der Waals surface area contributed by atoms with Gasteiger partial charge in [-0.3, -0.25) is 4.79 Å². The Morgan fingerprint density at radius 2 is 1.68 bits per heavy atom. The van der Waals surface area contributed by atoms with E-state index in [1.807, 2.05) is 31.2 Å². The Morgan fingerprint density at radius 1 is 1.00 bits per heavy atom. The molecule has 1 amide bonds. The van der Waals surface area contributed by atoms with Gasteiger partial charge in [0, 0.05) is 18.4 Å². The number of anilines is 2. The van der Waals surface area contributed by atoms with E-state index < -0.39 is 17.6 Å². The molecule has 144 valence electrons. The Labute approximate surface area is 159 Å². The zero-order valence-corrected chi connectivity index (χ0v) is 14.9. The van der Waals surface area contributed by atoms with Gasteiger partial charge in [-0.1, -0.05) is 29.8 Å². The van der Waals surface area contributed by atoms with Gasteiger partial charge in [0.15, 0.2) is 0 Å². The lowest BCUT2D eigenvalue weighted by Gasteiger charge is -2.09. The summed E-state index contributed by atoms with van der Waals surface area (Å²) in [6.45, 7) is 2.49. The molecule has 0 aliphatic rings. The lowest BCUT2D eigenvalue weighted by Crippen LogP contribution is -2.15. The number of nitrogens with zero attached hydrogens (tertiary/aromatic N) is 2. The Balaban J connectivity index is 1.64. The fourth-order valence-electron chi connectivity index (χ4n) is 2.40. The van der Waals surface area contributed by atoms with E-state index in [-0.39, 0.29) is 17.3 Å². The van der Waals surface area contributed by atoms with Crippen molar-refractivity contribution in [3.8, 4) is 0 Å². The van der Waals surface area contributed by atoms with Crippen LogP contribution in [0, 0.1) is 6.92 Å². The summed E-state index contributed by atoms with van der Waals surface area (Å²) in [4.78, 5) is 20.5. The lowest BCUT2D eigenvalue weighted by molar-refractivity contribution is -0.137. The molecule has 0 spiro atoms. The molecular weight excluding hydrogens is 369 g/mol. The lowest BCUT2D eigenvalue weighted by atomic mass is 10.1. The van der Waals surface area contributed by atoms with Gasteiger partial charge in [0.1, 0.15) is 5.69 Å². The fraction of sp³-hybridized carbons (Fsp3) is 0.150. The molecule has 2 N–H and O–H groups in total. The van der Waals surface area contributed by atoms with E-state index in [2.05, 4.69) is 20.6 Å². The Kier molecular flexibility index (Phi) is 5.58. The zero-order chi connectivity index (χ0) is 20.1. The molecular formula is C20H17F3N4O. The second-order valence-corrected chi connectivity index (χ2v) is 6.13. The molecule has 1 heterocycles. The topological polar surface area (TPSA) is 66.9 Å². The maximum absolute atomic E-state index is 12.6. The van der Waals surface area contributed by atoms with Gasteiger partial charge < -0.3 is 10.6 Å². The predicted molar refractivity (Wildman–Crippen MR) is 99.9 cm³/mol. The summed E-state index contributed by atoms with van der Waals surface area (Å²) in [7, 11) is 0. The summed E-state index contributed by atoms with van der Waals surface area (Å²) in [6.07, 6.45) is -2.99. The second-order valence-electron chi connectivity index (χ2n) is 6.13. The monoisotopic (exact) mass is 386 g/mol. The van der Waals surface area contributed by atoms with Crippen molar-refractivity contribution >= 4 is 17.5 Å². The van der Waals surface area contributed by atoms with Crippen LogP contribution in [-0.4, -0.2) is 15.9 Å². The number of carbonyl (C=O) groups excluding carboxylic acids is 1. The molecule has 28 heavy (non-hydrogen) atoms. The van der Waals surface area contributed by atoms with Gasteiger partial charge in [0.25, 0.3) is 5.91 Å².